The third kappa shape index (κ3) is 4.80. The van der Waals surface area contributed by atoms with Crippen LogP contribution in [-0.4, -0.2) is 27.0 Å². The van der Waals surface area contributed by atoms with Gasteiger partial charge in [0.15, 0.2) is 5.82 Å². The van der Waals surface area contributed by atoms with Crippen molar-refractivity contribution in [1.29, 1.82) is 0 Å². The lowest BCUT2D eigenvalue weighted by atomic mass is 10.0. The van der Waals surface area contributed by atoms with Gasteiger partial charge in [-0.2, -0.15) is 0 Å². The molecule has 1 amide bonds. The van der Waals surface area contributed by atoms with Crippen LogP contribution in [-0.2, 0) is 24.2 Å². The van der Waals surface area contributed by atoms with Gasteiger partial charge in [-0.3, -0.25) is 14.2 Å². The summed E-state index contributed by atoms with van der Waals surface area (Å²) in [6.45, 7) is 2.79. The van der Waals surface area contributed by atoms with Crippen LogP contribution in [0.1, 0.15) is 41.4 Å². The highest BCUT2D eigenvalue weighted by Gasteiger charge is 2.28. The number of nitrogens with one attached hydrogen (secondary N) is 2. The van der Waals surface area contributed by atoms with Gasteiger partial charge in [-0.15, -0.1) is 0 Å². The van der Waals surface area contributed by atoms with Crippen LogP contribution in [0.25, 0.3) is 0 Å². The summed E-state index contributed by atoms with van der Waals surface area (Å²) < 4.78 is 1.60. The number of pyridine rings is 1. The van der Waals surface area contributed by atoms with E-state index in [0.29, 0.717) is 25.3 Å². The molecule has 4 N–H and O–H groups in total. The Morgan fingerprint density at radius 1 is 1.22 bits per heavy atom. The van der Waals surface area contributed by atoms with Gasteiger partial charge in [0.05, 0.1) is 0 Å². The van der Waals surface area contributed by atoms with Crippen molar-refractivity contribution in [3.8, 4) is 0 Å². The lowest BCUT2D eigenvalue weighted by molar-refractivity contribution is -0.125. The maximum absolute atomic E-state index is 13.2. The molecule has 1 aromatic carbocycles. The molecule has 1 aliphatic rings. The molecule has 0 aliphatic carbocycles. The van der Waals surface area contributed by atoms with Crippen LogP contribution in [0, 0.1) is 6.92 Å². The third-order valence-electron chi connectivity index (χ3n) is 5.82. The highest BCUT2D eigenvalue weighted by Crippen LogP contribution is 2.23. The third-order valence-corrected chi connectivity index (χ3v) is 5.82. The minimum absolute atomic E-state index is 0.175. The number of amides is 1. The molecule has 0 saturated carbocycles. The number of fused-ring (bicyclic) bond motifs is 1. The molecule has 1 atom stereocenters. The molecule has 0 unspecified atom stereocenters. The van der Waals surface area contributed by atoms with Crippen LogP contribution in [0.15, 0.2) is 53.5 Å². The molecule has 4 rings (SSSR count). The number of nitrogen functional groups attached to an aromatic ring is 1. The fraction of sp³-hybridized carbons (Fsp3) is 0.333. The van der Waals surface area contributed by atoms with Crippen molar-refractivity contribution in [3.63, 3.8) is 0 Å². The first kappa shape index (κ1) is 21.5. The van der Waals surface area contributed by atoms with Crippen LogP contribution < -0.4 is 21.9 Å². The number of hydrogen-bond donors (Lipinski definition) is 3. The maximum atomic E-state index is 13.2. The highest BCUT2D eigenvalue weighted by molar-refractivity contribution is 5.80. The second-order valence-electron chi connectivity index (χ2n) is 8.04. The molecular weight excluding hydrogens is 404 g/mol. The summed E-state index contributed by atoms with van der Waals surface area (Å²) >= 11 is 0. The zero-order valence-corrected chi connectivity index (χ0v) is 18.2. The van der Waals surface area contributed by atoms with Gasteiger partial charge in [0.2, 0.25) is 5.91 Å². The summed E-state index contributed by atoms with van der Waals surface area (Å²) in [6, 6.07) is 13.1. The second kappa shape index (κ2) is 9.64. The molecule has 0 radical (unpaired) electrons. The van der Waals surface area contributed by atoms with Crippen LogP contribution >= 0.6 is 0 Å². The maximum Gasteiger partial charge on any atom is 0.294 e. The van der Waals surface area contributed by atoms with E-state index in [1.807, 2.05) is 43.3 Å². The number of anilines is 2. The van der Waals surface area contributed by atoms with Crippen molar-refractivity contribution in [2.45, 2.75) is 45.2 Å². The van der Waals surface area contributed by atoms with Gasteiger partial charge in [0.25, 0.3) is 5.56 Å². The van der Waals surface area contributed by atoms with Crippen molar-refractivity contribution in [1.82, 2.24) is 19.9 Å². The molecule has 8 heteroatoms. The van der Waals surface area contributed by atoms with Gasteiger partial charge in [0, 0.05) is 30.7 Å². The van der Waals surface area contributed by atoms with Gasteiger partial charge < -0.3 is 16.4 Å². The summed E-state index contributed by atoms with van der Waals surface area (Å²) in [5.41, 5.74) is 9.10. The Morgan fingerprint density at radius 3 is 2.81 bits per heavy atom. The summed E-state index contributed by atoms with van der Waals surface area (Å²) in [7, 11) is 0. The van der Waals surface area contributed by atoms with E-state index < -0.39 is 6.04 Å². The quantitative estimate of drug-likeness (QED) is 0.528. The van der Waals surface area contributed by atoms with E-state index in [1.165, 1.54) is 5.56 Å². The van der Waals surface area contributed by atoms with Crippen LogP contribution in [0.3, 0.4) is 0 Å². The van der Waals surface area contributed by atoms with Crippen molar-refractivity contribution in [3.05, 3.63) is 81.5 Å². The van der Waals surface area contributed by atoms with Gasteiger partial charge in [-0.1, -0.05) is 36.4 Å². The number of nitrogens with zero attached hydrogens (tertiary/aromatic N) is 3. The summed E-state index contributed by atoms with van der Waals surface area (Å²) in [5, 5.41) is 6.11. The minimum Gasteiger partial charge on any atom is -0.384 e. The van der Waals surface area contributed by atoms with Crippen LogP contribution in [0.4, 0.5) is 11.6 Å². The Labute approximate surface area is 186 Å². The largest absolute Gasteiger partial charge is 0.384 e. The number of carbonyl (C=O) groups is 1. The van der Waals surface area contributed by atoms with Crippen LogP contribution in [0.2, 0.25) is 0 Å². The first-order chi connectivity index (χ1) is 15.5. The monoisotopic (exact) mass is 432 g/mol. The Hall–Kier alpha value is -3.68. The number of carbonyl (C=O) groups excluding carboxylic acids is 1. The topological polar surface area (TPSA) is 115 Å². The lowest BCUT2D eigenvalue weighted by Gasteiger charge is -2.27. The van der Waals surface area contributed by atoms with Crippen molar-refractivity contribution < 1.29 is 4.79 Å². The summed E-state index contributed by atoms with van der Waals surface area (Å²) in [4.78, 5) is 34.8. The second-order valence-corrected chi connectivity index (χ2v) is 8.04. The van der Waals surface area contributed by atoms with Gasteiger partial charge >= 0.3 is 0 Å². The number of hydrogen-bond acceptors (Lipinski definition) is 6. The molecule has 166 valence electrons. The number of aryl methyl sites for hydroxylation is 2. The van der Waals surface area contributed by atoms with Crippen LogP contribution in [0.5, 0.6) is 0 Å². The number of benzene rings is 1. The smallest absolute Gasteiger partial charge is 0.294 e. The highest BCUT2D eigenvalue weighted by atomic mass is 16.2. The van der Waals surface area contributed by atoms with E-state index in [0.717, 1.165) is 36.2 Å². The molecule has 2 aromatic heterocycles. The Morgan fingerprint density at radius 2 is 2.03 bits per heavy atom. The Bertz CT molecular complexity index is 1160. The van der Waals surface area contributed by atoms with Gasteiger partial charge in [-0.25, -0.2) is 9.97 Å². The normalized spacial score (nSPS) is 15.1. The number of nitrogens with two attached hydrogens (primary N) is 1. The number of rotatable bonds is 7. The molecule has 0 bridgehead atoms. The predicted octanol–water partition coefficient (Wildman–Crippen LogP) is 2.38. The molecule has 3 heterocycles. The van der Waals surface area contributed by atoms with E-state index in [9.17, 15) is 9.59 Å². The fourth-order valence-corrected chi connectivity index (χ4v) is 4.07. The van der Waals surface area contributed by atoms with Crippen molar-refractivity contribution in [2.75, 3.05) is 17.6 Å². The molecule has 0 spiro atoms. The molecule has 3 aromatic rings. The van der Waals surface area contributed by atoms with E-state index >= 15 is 0 Å². The van der Waals surface area contributed by atoms with E-state index in [-0.39, 0.29) is 17.3 Å². The molecular formula is C24H28N6O2. The van der Waals surface area contributed by atoms with E-state index in [4.69, 9.17) is 5.73 Å². The van der Waals surface area contributed by atoms with Gasteiger partial charge in [-0.05, 0) is 49.8 Å². The SMILES string of the molecule is Cc1nc(N)ccc1CNC(=O)[C@@H]1CCCc2cnc(NCCc3ccccc3)c(=O)n21. The average molecular weight is 433 g/mol. The standard InChI is InChI=1S/C24H28N6O2/c1-16-18(10-11-21(25)29-16)14-28-23(31)20-9-5-8-19-15-27-22(24(32)30(19)20)26-13-12-17-6-3-2-4-7-17/h2-4,6-7,10-11,15,20H,5,8-9,12-14H2,1H3,(H2,25,29)(H,26,27)(H,28,31)/t20-/m0/s1. The zero-order chi connectivity index (χ0) is 22.5. The van der Waals surface area contributed by atoms with Gasteiger partial charge in [0.1, 0.15) is 11.9 Å². The molecule has 0 saturated heterocycles. The average Bonchev–Trinajstić information content (AvgIpc) is 2.80. The van der Waals surface area contributed by atoms with E-state index in [2.05, 4.69) is 20.6 Å². The summed E-state index contributed by atoms with van der Waals surface area (Å²) in [6.07, 6.45) is 4.67. The fourth-order valence-electron chi connectivity index (χ4n) is 4.07. The Balaban J connectivity index is 1.47. The van der Waals surface area contributed by atoms with Crippen molar-refractivity contribution in [2.24, 2.45) is 0 Å². The van der Waals surface area contributed by atoms with E-state index in [1.54, 1.807) is 16.8 Å². The first-order valence-corrected chi connectivity index (χ1v) is 10.9. The number of aromatic nitrogens is 3. The first-order valence-electron chi connectivity index (χ1n) is 10.9. The molecule has 0 fully saturated rings. The van der Waals surface area contributed by atoms with Crippen molar-refractivity contribution >= 4 is 17.5 Å². The lowest BCUT2D eigenvalue weighted by Crippen LogP contribution is -2.41. The molecule has 32 heavy (non-hydrogen) atoms. The minimum atomic E-state index is -0.550. The molecule has 8 nitrogen and oxygen atoms in total. The summed E-state index contributed by atoms with van der Waals surface area (Å²) in [5.74, 6) is 0.554. The zero-order valence-electron chi connectivity index (χ0n) is 18.2. The molecule has 1 aliphatic heterocycles. The Kier molecular flexibility index (Phi) is 6.49. The predicted molar refractivity (Wildman–Crippen MR) is 124 cm³/mol.